The van der Waals surface area contributed by atoms with Crippen LogP contribution in [-0.4, -0.2) is 11.3 Å². The van der Waals surface area contributed by atoms with Crippen molar-refractivity contribution in [3.8, 4) is 0 Å². The highest BCUT2D eigenvalue weighted by molar-refractivity contribution is 9.10. The van der Waals surface area contributed by atoms with Crippen LogP contribution in [0.4, 0.5) is 8.78 Å². The van der Waals surface area contributed by atoms with Crippen molar-refractivity contribution in [2.24, 2.45) is 0 Å². The first-order valence-electron chi connectivity index (χ1n) is 3.58. The van der Waals surface area contributed by atoms with Gasteiger partial charge in [-0.3, -0.25) is 4.79 Å². The Kier molecular flexibility index (Phi) is 3.95. The Labute approximate surface area is 92.4 Å². The second-order valence-corrected chi connectivity index (χ2v) is 3.47. The molecular formula is C8H5BrClF2NO. The summed E-state index contributed by atoms with van der Waals surface area (Å²) in [5.41, 5.74) is -0.318. The van der Waals surface area contributed by atoms with Gasteiger partial charge in [0.15, 0.2) is 6.29 Å². The first-order valence-corrected chi connectivity index (χ1v) is 4.91. The highest BCUT2D eigenvalue weighted by Gasteiger charge is 2.20. The molecule has 0 spiro atoms. The van der Waals surface area contributed by atoms with Crippen LogP contribution in [0.15, 0.2) is 10.8 Å². The summed E-state index contributed by atoms with van der Waals surface area (Å²) in [5.74, 6) is -0.0964. The molecule has 2 nitrogen and oxygen atoms in total. The molecule has 0 saturated heterocycles. The molecule has 0 unspecified atom stereocenters. The SMILES string of the molecule is O=Cc1c(Br)ncc(CCl)c1C(F)F. The lowest BCUT2D eigenvalue weighted by Gasteiger charge is -2.09. The Balaban J connectivity index is 3.43. The van der Waals surface area contributed by atoms with Gasteiger partial charge in [-0.2, -0.15) is 0 Å². The third kappa shape index (κ3) is 2.09. The largest absolute Gasteiger partial charge is 0.298 e. The monoisotopic (exact) mass is 283 g/mol. The fourth-order valence-corrected chi connectivity index (χ4v) is 1.66. The molecule has 0 bridgehead atoms. The molecule has 0 radical (unpaired) electrons. The van der Waals surface area contributed by atoms with Gasteiger partial charge in [0.1, 0.15) is 4.60 Å². The van der Waals surface area contributed by atoms with Gasteiger partial charge in [-0.05, 0) is 21.5 Å². The Morgan fingerprint density at radius 1 is 1.64 bits per heavy atom. The maximum atomic E-state index is 12.6. The third-order valence-electron chi connectivity index (χ3n) is 1.67. The molecule has 76 valence electrons. The number of halogens is 4. The summed E-state index contributed by atoms with van der Waals surface area (Å²) in [6, 6.07) is 0. The standard InChI is InChI=1S/C8H5BrClF2NO/c9-7-5(3-14)6(8(11)12)4(1-10)2-13-7/h2-3,8H,1H2. The molecule has 0 atom stereocenters. The van der Waals surface area contributed by atoms with E-state index in [1.54, 1.807) is 0 Å². The van der Waals surface area contributed by atoms with E-state index in [9.17, 15) is 13.6 Å². The first kappa shape index (κ1) is 11.5. The highest BCUT2D eigenvalue weighted by Crippen LogP contribution is 2.30. The summed E-state index contributed by atoms with van der Waals surface area (Å²) >= 11 is 8.37. The molecule has 0 aliphatic carbocycles. The van der Waals surface area contributed by atoms with Crippen LogP contribution in [0.5, 0.6) is 0 Å². The van der Waals surface area contributed by atoms with Crippen molar-refractivity contribution in [1.29, 1.82) is 0 Å². The maximum absolute atomic E-state index is 12.6. The number of aromatic nitrogens is 1. The molecule has 6 heteroatoms. The van der Waals surface area contributed by atoms with Crippen molar-refractivity contribution in [3.05, 3.63) is 27.5 Å². The minimum atomic E-state index is -2.73. The number of rotatable bonds is 3. The lowest BCUT2D eigenvalue weighted by atomic mass is 10.1. The zero-order valence-corrected chi connectivity index (χ0v) is 9.15. The van der Waals surface area contributed by atoms with Gasteiger partial charge in [-0.25, -0.2) is 13.8 Å². The van der Waals surface area contributed by atoms with E-state index in [4.69, 9.17) is 11.6 Å². The first-order chi connectivity index (χ1) is 6.61. The molecule has 0 aromatic carbocycles. The zero-order chi connectivity index (χ0) is 10.7. The molecule has 0 aliphatic rings. The van der Waals surface area contributed by atoms with Crippen LogP contribution in [0.25, 0.3) is 0 Å². The van der Waals surface area contributed by atoms with Gasteiger partial charge >= 0.3 is 0 Å². The van der Waals surface area contributed by atoms with Crippen LogP contribution in [0.1, 0.15) is 27.9 Å². The Hall–Kier alpha value is -0.550. The lowest BCUT2D eigenvalue weighted by molar-refractivity contribution is 0.110. The van der Waals surface area contributed by atoms with Gasteiger partial charge in [0.25, 0.3) is 6.43 Å². The van der Waals surface area contributed by atoms with Crippen LogP contribution in [0, 0.1) is 0 Å². The van der Waals surface area contributed by atoms with Crippen molar-refractivity contribution in [2.45, 2.75) is 12.3 Å². The van der Waals surface area contributed by atoms with Gasteiger partial charge < -0.3 is 0 Å². The second kappa shape index (κ2) is 4.79. The molecule has 1 aromatic rings. The van der Waals surface area contributed by atoms with E-state index in [1.807, 2.05) is 0 Å². The zero-order valence-electron chi connectivity index (χ0n) is 6.81. The van der Waals surface area contributed by atoms with Gasteiger partial charge in [-0.1, -0.05) is 0 Å². The molecule has 0 N–H and O–H groups in total. The van der Waals surface area contributed by atoms with Gasteiger partial charge in [-0.15, -0.1) is 11.6 Å². The molecule has 1 heterocycles. The molecule has 0 aliphatic heterocycles. The second-order valence-electron chi connectivity index (χ2n) is 2.45. The van der Waals surface area contributed by atoms with E-state index in [-0.39, 0.29) is 27.2 Å². The van der Waals surface area contributed by atoms with Crippen molar-refractivity contribution >= 4 is 33.8 Å². The average Bonchev–Trinajstić information content (AvgIpc) is 2.17. The molecule has 14 heavy (non-hydrogen) atoms. The van der Waals surface area contributed by atoms with Crippen LogP contribution in [-0.2, 0) is 5.88 Å². The van der Waals surface area contributed by atoms with Crippen molar-refractivity contribution in [2.75, 3.05) is 0 Å². The van der Waals surface area contributed by atoms with Gasteiger partial charge in [0.2, 0.25) is 0 Å². The number of carbonyl (C=O) groups excluding carboxylic acids is 1. The van der Waals surface area contributed by atoms with E-state index >= 15 is 0 Å². The predicted octanol–water partition coefficient (Wildman–Crippen LogP) is 3.33. The van der Waals surface area contributed by atoms with E-state index < -0.39 is 6.43 Å². The topological polar surface area (TPSA) is 30.0 Å². The number of hydrogen-bond donors (Lipinski definition) is 0. The van der Waals surface area contributed by atoms with E-state index in [2.05, 4.69) is 20.9 Å². The summed E-state index contributed by atoms with van der Waals surface area (Å²) < 4.78 is 25.3. The Bertz CT molecular complexity index is 359. The molecule has 0 fully saturated rings. The number of nitrogens with zero attached hydrogens (tertiary/aromatic N) is 1. The normalized spacial score (nSPS) is 10.6. The summed E-state index contributed by atoms with van der Waals surface area (Å²) in [6.45, 7) is 0. The minimum absolute atomic E-state index is 0.0964. The van der Waals surface area contributed by atoms with Crippen LogP contribution >= 0.6 is 27.5 Å². The Morgan fingerprint density at radius 3 is 2.71 bits per heavy atom. The van der Waals surface area contributed by atoms with Crippen LogP contribution in [0.3, 0.4) is 0 Å². The quantitative estimate of drug-likeness (QED) is 0.484. The molecule has 1 rings (SSSR count). The van der Waals surface area contributed by atoms with Crippen LogP contribution in [0.2, 0.25) is 0 Å². The number of alkyl halides is 3. The number of carbonyl (C=O) groups is 1. The molecular weight excluding hydrogens is 279 g/mol. The molecule has 1 aromatic heterocycles. The van der Waals surface area contributed by atoms with Crippen molar-refractivity contribution in [3.63, 3.8) is 0 Å². The minimum Gasteiger partial charge on any atom is -0.298 e. The summed E-state index contributed by atoms with van der Waals surface area (Å²) in [7, 11) is 0. The summed E-state index contributed by atoms with van der Waals surface area (Å²) in [6.07, 6.45) is -1.16. The van der Waals surface area contributed by atoms with E-state index in [0.29, 0.717) is 6.29 Å². The van der Waals surface area contributed by atoms with E-state index in [0.717, 1.165) is 0 Å². The predicted molar refractivity (Wildman–Crippen MR) is 51.8 cm³/mol. The van der Waals surface area contributed by atoms with Crippen molar-refractivity contribution < 1.29 is 13.6 Å². The average molecular weight is 284 g/mol. The Morgan fingerprint density at radius 2 is 2.29 bits per heavy atom. The van der Waals surface area contributed by atoms with Gasteiger partial charge in [0, 0.05) is 17.6 Å². The van der Waals surface area contributed by atoms with Crippen LogP contribution < -0.4 is 0 Å². The highest BCUT2D eigenvalue weighted by atomic mass is 79.9. The lowest BCUT2D eigenvalue weighted by Crippen LogP contribution is -2.02. The number of hydrogen-bond acceptors (Lipinski definition) is 2. The molecule has 0 saturated carbocycles. The van der Waals surface area contributed by atoms with E-state index in [1.165, 1.54) is 6.20 Å². The smallest absolute Gasteiger partial charge is 0.265 e. The fraction of sp³-hybridized carbons (Fsp3) is 0.250. The number of pyridine rings is 1. The molecule has 0 amide bonds. The van der Waals surface area contributed by atoms with Gasteiger partial charge in [0.05, 0.1) is 5.56 Å². The van der Waals surface area contributed by atoms with Crippen molar-refractivity contribution in [1.82, 2.24) is 4.98 Å². The number of aldehydes is 1. The summed E-state index contributed by atoms with van der Waals surface area (Å²) in [4.78, 5) is 14.3. The fourth-order valence-electron chi connectivity index (χ4n) is 1.03. The third-order valence-corrected chi connectivity index (χ3v) is 2.59. The summed E-state index contributed by atoms with van der Waals surface area (Å²) in [5, 5.41) is 0. The maximum Gasteiger partial charge on any atom is 0.265 e.